The third-order valence-electron chi connectivity index (χ3n) is 2.97. The molecule has 0 radical (unpaired) electrons. The van der Waals surface area contributed by atoms with Crippen LogP contribution in [0.1, 0.15) is 10.4 Å². The number of rotatable bonds is 1. The lowest BCUT2D eigenvalue weighted by Gasteiger charge is -2.03. The van der Waals surface area contributed by atoms with Gasteiger partial charge in [0.1, 0.15) is 0 Å². The van der Waals surface area contributed by atoms with Crippen molar-refractivity contribution in [3.63, 3.8) is 0 Å². The molecule has 5 nitrogen and oxygen atoms in total. The molecule has 0 aliphatic rings. The lowest BCUT2D eigenvalue weighted by Crippen LogP contribution is -2.23. The van der Waals surface area contributed by atoms with Crippen LogP contribution in [0.3, 0.4) is 0 Å². The molecule has 0 fully saturated rings. The van der Waals surface area contributed by atoms with Gasteiger partial charge in [0.05, 0.1) is 15.6 Å². The number of hydrogen-bond donors (Lipinski definition) is 1. The van der Waals surface area contributed by atoms with Gasteiger partial charge in [0.25, 0.3) is 5.91 Å². The zero-order chi connectivity index (χ0) is 15.1. The Morgan fingerprint density at radius 3 is 2.57 bits per heavy atom. The van der Waals surface area contributed by atoms with Crippen LogP contribution >= 0.6 is 23.2 Å². The van der Waals surface area contributed by atoms with E-state index in [0.717, 1.165) is 4.57 Å². The highest BCUT2D eigenvalue weighted by molar-refractivity contribution is 6.42. The van der Waals surface area contributed by atoms with Crippen molar-refractivity contribution in [2.45, 2.75) is 0 Å². The summed E-state index contributed by atoms with van der Waals surface area (Å²) in [7, 11) is 0. The van der Waals surface area contributed by atoms with E-state index in [4.69, 9.17) is 33.4 Å². The smallest absolute Gasteiger partial charge is 0.407 e. The predicted molar refractivity (Wildman–Crippen MR) is 81.1 cm³/mol. The molecule has 2 N–H and O–H groups in total. The first-order valence-corrected chi connectivity index (χ1v) is 6.64. The number of nitrogens with two attached hydrogens (primary N) is 1. The number of carbonyl (C=O) groups is 1. The maximum absolute atomic E-state index is 12.5. The molecule has 0 spiro atoms. The first kappa shape index (κ1) is 13.7. The quantitative estimate of drug-likeness (QED) is 0.698. The molecular formula is C14H8Cl2N2O3. The van der Waals surface area contributed by atoms with Crippen molar-refractivity contribution < 1.29 is 9.21 Å². The van der Waals surface area contributed by atoms with Crippen LogP contribution < -0.4 is 11.5 Å². The van der Waals surface area contributed by atoms with Gasteiger partial charge >= 0.3 is 5.76 Å². The summed E-state index contributed by atoms with van der Waals surface area (Å²) in [5, 5.41) is 0.554. The number of hydrogen-bond acceptors (Lipinski definition) is 4. The molecule has 0 saturated carbocycles. The fourth-order valence-electron chi connectivity index (χ4n) is 1.99. The second-order valence-electron chi connectivity index (χ2n) is 4.36. The summed E-state index contributed by atoms with van der Waals surface area (Å²) in [5.74, 6) is -1.34. The molecule has 2 aromatic carbocycles. The third kappa shape index (κ3) is 2.30. The van der Waals surface area contributed by atoms with Crippen LogP contribution in [0.15, 0.2) is 45.6 Å². The van der Waals surface area contributed by atoms with E-state index >= 15 is 0 Å². The molecule has 0 aliphatic heterocycles. The van der Waals surface area contributed by atoms with E-state index in [-0.39, 0.29) is 16.2 Å². The van der Waals surface area contributed by atoms with Crippen molar-refractivity contribution in [3.05, 3.63) is 62.6 Å². The zero-order valence-corrected chi connectivity index (χ0v) is 12.0. The average molecular weight is 323 g/mol. The van der Waals surface area contributed by atoms with Gasteiger partial charge in [-0.1, -0.05) is 23.2 Å². The van der Waals surface area contributed by atoms with E-state index in [1.165, 1.54) is 24.3 Å². The van der Waals surface area contributed by atoms with E-state index in [1.54, 1.807) is 12.1 Å². The van der Waals surface area contributed by atoms with E-state index in [9.17, 15) is 9.59 Å². The maximum Gasteiger partial charge on any atom is 0.427 e. The summed E-state index contributed by atoms with van der Waals surface area (Å²) in [6.07, 6.45) is 0. The Hall–Kier alpha value is -2.24. The molecule has 3 aromatic rings. The third-order valence-corrected chi connectivity index (χ3v) is 3.71. The van der Waals surface area contributed by atoms with Gasteiger partial charge in [-0.05, 0) is 30.3 Å². The molecule has 21 heavy (non-hydrogen) atoms. The Morgan fingerprint density at radius 1 is 1.10 bits per heavy atom. The number of nitrogens with zero attached hydrogens (tertiary/aromatic N) is 1. The minimum Gasteiger partial charge on any atom is -0.407 e. The summed E-state index contributed by atoms with van der Waals surface area (Å²) in [5.41, 5.74) is 6.86. The lowest BCUT2D eigenvalue weighted by molar-refractivity contribution is 0.0956. The number of anilines is 1. The Kier molecular flexibility index (Phi) is 3.23. The first-order valence-electron chi connectivity index (χ1n) is 5.88. The minimum absolute atomic E-state index is 0.228. The number of oxazole rings is 1. The molecule has 0 aliphatic carbocycles. The van der Waals surface area contributed by atoms with Crippen molar-refractivity contribution in [2.75, 3.05) is 5.73 Å². The molecule has 7 heteroatoms. The molecular weight excluding hydrogens is 315 g/mol. The van der Waals surface area contributed by atoms with Crippen LogP contribution in [0.5, 0.6) is 0 Å². The molecule has 0 unspecified atom stereocenters. The minimum atomic E-state index is -0.785. The molecule has 0 atom stereocenters. The Balaban J connectivity index is 2.19. The van der Waals surface area contributed by atoms with Gasteiger partial charge < -0.3 is 10.2 Å². The van der Waals surface area contributed by atoms with E-state index < -0.39 is 11.7 Å². The summed E-state index contributed by atoms with van der Waals surface area (Å²) in [6, 6.07) is 8.98. The maximum atomic E-state index is 12.5. The van der Waals surface area contributed by atoms with Gasteiger partial charge in [0.2, 0.25) is 0 Å². The molecule has 3 rings (SSSR count). The molecule has 0 bridgehead atoms. The molecule has 1 heterocycles. The molecule has 0 amide bonds. The number of aromatic nitrogens is 1. The van der Waals surface area contributed by atoms with E-state index in [0.29, 0.717) is 16.2 Å². The topological polar surface area (TPSA) is 78.2 Å². The fraction of sp³-hybridized carbons (Fsp3) is 0. The number of nitrogen functional groups attached to an aromatic ring is 1. The van der Waals surface area contributed by atoms with Crippen LogP contribution in [0.25, 0.3) is 11.1 Å². The van der Waals surface area contributed by atoms with E-state index in [1.807, 2.05) is 0 Å². The van der Waals surface area contributed by atoms with Crippen molar-refractivity contribution in [1.29, 1.82) is 0 Å². The predicted octanol–water partition coefficient (Wildman–Crippen LogP) is 3.17. The highest BCUT2D eigenvalue weighted by Gasteiger charge is 2.18. The normalized spacial score (nSPS) is 11.0. The van der Waals surface area contributed by atoms with Gasteiger partial charge in [-0.2, -0.15) is 0 Å². The largest absolute Gasteiger partial charge is 0.427 e. The summed E-state index contributed by atoms with van der Waals surface area (Å²) >= 11 is 11.7. The first-order chi connectivity index (χ1) is 9.97. The number of benzene rings is 2. The number of carbonyl (C=O) groups excluding carboxylic acids is 1. The van der Waals surface area contributed by atoms with Gasteiger partial charge in [-0.3, -0.25) is 4.79 Å². The average Bonchev–Trinajstić information content (AvgIpc) is 2.76. The standard InChI is InChI=1S/C14H8Cl2N2O3/c15-9-3-1-7(5-10(9)16)13(19)18-11-4-2-8(17)6-12(11)21-14(18)20/h1-6H,17H2. The lowest BCUT2D eigenvalue weighted by atomic mass is 10.2. The SMILES string of the molecule is Nc1ccc2c(c1)oc(=O)n2C(=O)c1ccc(Cl)c(Cl)c1. The fourth-order valence-corrected chi connectivity index (χ4v) is 2.28. The van der Waals surface area contributed by atoms with Crippen molar-refractivity contribution >= 4 is 45.9 Å². The van der Waals surface area contributed by atoms with Crippen LogP contribution in [-0.2, 0) is 0 Å². The van der Waals surface area contributed by atoms with Gasteiger partial charge in [0.15, 0.2) is 5.58 Å². The molecule has 0 saturated heterocycles. The summed E-state index contributed by atoms with van der Waals surface area (Å²) < 4.78 is 5.95. The van der Waals surface area contributed by atoms with Crippen LogP contribution in [-0.4, -0.2) is 10.5 Å². The Bertz CT molecular complexity index is 928. The Labute approximate surface area is 128 Å². The van der Waals surface area contributed by atoms with Crippen molar-refractivity contribution in [1.82, 2.24) is 4.57 Å². The van der Waals surface area contributed by atoms with Gasteiger partial charge in [-0.15, -0.1) is 0 Å². The van der Waals surface area contributed by atoms with Crippen molar-refractivity contribution in [3.8, 4) is 0 Å². The van der Waals surface area contributed by atoms with Gasteiger partial charge in [0, 0.05) is 17.3 Å². The monoisotopic (exact) mass is 322 g/mol. The highest BCUT2D eigenvalue weighted by Crippen LogP contribution is 2.24. The second kappa shape index (κ2) is 4.95. The molecule has 1 aromatic heterocycles. The second-order valence-corrected chi connectivity index (χ2v) is 5.18. The van der Waals surface area contributed by atoms with Crippen LogP contribution in [0.4, 0.5) is 5.69 Å². The zero-order valence-electron chi connectivity index (χ0n) is 10.5. The van der Waals surface area contributed by atoms with Crippen LogP contribution in [0.2, 0.25) is 10.0 Å². The highest BCUT2D eigenvalue weighted by atomic mass is 35.5. The van der Waals surface area contributed by atoms with Crippen LogP contribution in [0, 0.1) is 0 Å². The van der Waals surface area contributed by atoms with Gasteiger partial charge in [-0.25, -0.2) is 9.36 Å². The summed E-state index contributed by atoms with van der Waals surface area (Å²) in [4.78, 5) is 24.4. The summed E-state index contributed by atoms with van der Waals surface area (Å²) in [6.45, 7) is 0. The number of halogens is 2. The number of fused-ring (bicyclic) bond motifs is 1. The molecule has 106 valence electrons. The van der Waals surface area contributed by atoms with Crippen molar-refractivity contribution in [2.24, 2.45) is 0 Å². The van der Waals surface area contributed by atoms with E-state index in [2.05, 4.69) is 0 Å². The Morgan fingerprint density at radius 2 is 1.86 bits per heavy atom.